The molecule has 4 aromatic rings. The summed E-state index contributed by atoms with van der Waals surface area (Å²) in [6.45, 7) is 0. The van der Waals surface area contributed by atoms with Crippen molar-refractivity contribution in [2.75, 3.05) is 0 Å². The van der Waals surface area contributed by atoms with E-state index in [1.54, 1.807) is 22.7 Å². The lowest BCUT2D eigenvalue weighted by atomic mass is 10.2. The molecule has 0 atom stereocenters. The Hall–Kier alpha value is -2.56. The van der Waals surface area contributed by atoms with Crippen LogP contribution in [0.25, 0.3) is 34.0 Å². The second kappa shape index (κ2) is 6.91. The molecule has 116 valence electrons. The Balaban J connectivity index is 1.53. The maximum Gasteiger partial charge on any atom is 0.155 e. The highest BCUT2D eigenvalue weighted by Crippen LogP contribution is 2.29. The van der Waals surface area contributed by atoms with Crippen molar-refractivity contribution in [2.45, 2.75) is 0 Å². The summed E-state index contributed by atoms with van der Waals surface area (Å²) in [7, 11) is 0. The first-order valence-corrected chi connectivity index (χ1v) is 9.24. The predicted octanol–water partition coefficient (Wildman–Crippen LogP) is 6.09. The molecule has 2 nitrogen and oxygen atoms in total. The molecule has 4 rings (SSSR count). The van der Waals surface area contributed by atoms with E-state index < -0.39 is 0 Å². The second-order valence-electron chi connectivity index (χ2n) is 5.20. The van der Waals surface area contributed by atoms with Crippen molar-refractivity contribution in [3.05, 3.63) is 81.8 Å². The molecule has 0 N–H and O–H groups in total. The van der Waals surface area contributed by atoms with Crippen molar-refractivity contribution >= 4 is 56.6 Å². The Kier molecular flexibility index (Phi) is 4.32. The van der Waals surface area contributed by atoms with Crippen LogP contribution in [0.3, 0.4) is 0 Å². The van der Waals surface area contributed by atoms with Gasteiger partial charge in [0.1, 0.15) is 10.0 Å². The highest BCUT2D eigenvalue weighted by molar-refractivity contribution is 7.27. The highest BCUT2D eigenvalue weighted by Gasteiger charge is 2.07. The van der Waals surface area contributed by atoms with Crippen LogP contribution in [0, 0.1) is 0 Å². The van der Waals surface area contributed by atoms with E-state index in [2.05, 4.69) is 46.4 Å². The maximum atomic E-state index is 4.66. The van der Waals surface area contributed by atoms with E-state index >= 15 is 0 Å². The minimum atomic E-state index is 0.992. The van der Waals surface area contributed by atoms with Gasteiger partial charge in [0.2, 0.25) is 0 Å². The van der Waals surface area contributed by atoms with Gasteiger partial charge in [-0.3, -0.25) is 0 Å². The van der Waals surface area contributed by atoms with Crippen molar-refractivity contribution < 1.29 is 0 Å². The van der Waals surface area contributed by atoms with Gasteiger partial charge in [0.05, 0.1) is 0 Å². The fraction of sp³-hybridized carbons (Fsp3) is 0. The van der Waals surface area contributed by atoms with Crippen LogP contribution in [0.2, 0.25) is 0 Å². The smallest absolute Gasteiger partial charge is 0.155 e. The summed E-state index contributed by atoms with van der Waals surface area (Å²) in [6.07, 6.45) is 8.26. The van der Waals surface area contributed by atoms with Crippen molar-refractivity contribution in [3.8, 4) is 0 Å². The molecule has 0 fully saturated rings. The first kappa shape index (κ1) is 15.0. The number of hydrogen-bond donors (Lipinski definition) is 0. The quantitative estimate of drug-likeness (QED) is 0.446. The SMILES string of the molecule is C(=Cc1nc2sc(C=Cc3ccccc3)nc2s1)c1ccccc1. The third-order valence-electron chi connectivity index (χ3n) is 3.44. The number of fused-ring (bicyclic) bond motifs is 1. The molecule has 2 aromatic carbocycles. The summed E-state index contributed by atoms with van der Waals surface area (Å²) in [6, 6.07) is 20.5. The van der Waals surface area contributed by atoms with Gasteiger partial charge in [0.15, 0.2) is 9.66 Å². The first-order valence-electron chi connectivity index (χ1n) is 7.60. The molecule has 0 bridgehead atoms. The minimum absolute atomic E-state index is 0.992. The van der Waals surface area contributed by atoms with Crippen molar-refractivity contribution in [1.82, 2.24) is 9.97 Å². The topological polar surface area (TPSA) is 25.8 Å². The molecule has 24 heavy (non-hydrogen) atoms. The molecule has 0 unspecified atom stereocenters. The Morgan fingerprint density at radius 3 is 1.38 bits per heavy atom. The molecule has 0 saturated heterocycles. The van der Waals surface area contributed by atoms with E-state index in [4.69, 9.17) is 0 Å². The Morgan fingerprint density at radius 1 is 0.542 bits per heavy atom. The molecule has 2 aromatic heterocycles. The Morgan fingerprint density at radius 2 is 0.958 bits per heavy atom. The Bertz CT molecular complexity index is 885. The number of hydrogen-bond acceptors (Lipinski definition) is 4. The fourth-order valence-electron chi connectivity index (χ4n) is 2.28. The van der Waals surface area contributed by atoms with Crippen molar-refractivity contribution in [2.24, 2.45) is 0 Å². The van der Waals surface area contributed by atoms with Gasteiger partial charge in [-0.1, -0.05) is 95.5 Å². The summed E-state index contributed by atoms with van der Waals surface area (Å²) in [5.41, 5.74) is 2.35. The second-order valence-corrected chi connectivity index (χ2v) is 7.22. The number of rotatable bonds is 4. The van der Waals surface area contributed by atoms with Gasteiger partial charge in [0, 0.05) is 0 Å². The molecule has 0 spiro atoms. The van der Waals surface area contributed by atoms with Gasteiger partial charge >= 0.3 is 0 Å². The lowest BCUT2D eigenvalue weighted by molar-refractivity contribution is 1.47. The summed E-state index contributed by atoms with van der Waals surface area (Å²) < 4.78 is 0. The average Bonchev–Trinajstić information content (AvgIpc) is 3.18. The van der Waals surface area contributed by atoms with Gasteiger partial charge < -0.3 is 0 Å². The lowest BCUT2D eigenvalue weighted by Gasteiger charge is -1.90. The molecule has 0 amide bonds. The number of benzene rings is 2. The maximum absolute atomic E-state index is 4.66. The monoisotopic (exact) mass is 346 g/mol. The van der Waals surface area contributed by atoms with Gasteiger partial charge in [-0.05, 0) is 23.3 Å². The molecule has 4 heteroatoms. The van der Waals surface area contributed by atoms with Crippen LogP contribution < -0.4 is 0 Å². The molecule has 0 radical (unpaired) electrons. The van der Waals surface area contributed by atoms with Crippen LogP contribution in [0.5, 0.6) is 0 Å². The van der Waals surface area contributed by atoms with Gasteiger partial charge in [-0.25, -0.2) is 9.97 Å². The van der Waals surface area contributed by atoms with Crippen LogP contribution >= 0.6 is 22.7 Å². The van der Waals surface area contributed by atoms with E-state index in [0.717, 1.165) is 19.7 Å². The summed E-state index contributed by atoms with van der Waals surface area (Å²) in [5.74, 6) is 0. The number of aromatic nitrogens is 2. The summed E-state index contributed by atoms with van der Waals surface area (Å²) in [4.78, 5) is 11.3. The van der Waals surface area contributed by atoms with Crippen molar-refractivity contribution in [3.63, 3.8) is 0 Å². The molecule has 0 saturated carbocycles. The number of thiazole rings is 2. The zero-order chi connectivity index (χ0) is 16.2. The van der Waals surface area contributed by atoms with Crippen LogP contribution in [-0.2, 0) is 0 Å². The molecule has 0 aliphatic heterocycles. The van der Waals surface area contributed by atoms with Crippen molar-refractivity contribution in [1.29, 1.82) is 0 Å². The van der Waals surface area contributed by atoms with Gasteiger partial charge in [-0.2, -0.15) is 0 Å². The number of nitrogens with zero attached hydrogens (tertiary/aromatic N) is 2. The summed E-state index contributed by atoms with van der Waals surface area (Å²) in [5, 5.41) is 1.98. The molecule has 0 aliphatic carbocycles. The van der Waals surface area contributed by atoms with E-state index in [1.165, 1.54) is 11.1 Å². The zero-order valence-electron chi connectivity index (χ0n) is 12.8. The van der Waals surface area contributed by atoms with E-state index in [1.807, 2.05) is 48.6 Å². The largest absolute Gasteiger partial charge is 0.224 e. The van der Waals surface area contributed by atoms with Crippen LogP contribution in [0.4, 0.5) is 0 Å². The van der Waals surface area contributed by atoms with Crippen LogP contribution in [0.15, 0.2) is 60.7 Å². The molecular formula is C20H14N2S2. The third kappa shape index (κ3) is 3.50. The average molecular weight is 346 g/mol. The highest BCUT2D eigenvalue weighted by atomic mass is 32.1. The Labute approximate surface area is 148 Å². The molecule has 2 heterocycles. The zero-order valence-corrected chi connectivity index (χ0v) is 14.4. The fourth-order valence-corrected chi connectivity index (χ4v) is 4.14. The van der Waals surface area contributed by atoms with E-state index in [0.29, 0.717) is 0 Å². The van der Waals surface area contributed by atoms with Crippen LogP contribution in [-0.4, -0.2) is 9.97 Å². The van der Waals surface area contributed by atoms with Gasteiger partial charge in [0.25, 0.3) is 0 Å². The van der Waals surface area contributed by atoms with Gasteiger partial charge in [-0.15, -0.1) is 0 Å². The lowest BCUT2D eigenvalue weighted by Crippen LogP contribution is -1.70. The molecule has 0 aliphatic rings. The molecular weight excluding hydrogens is 332 g/mol. The first-order chi connectivity index (χ1) is 11.9. The normalized spacial score (nSPS) is 11.8. The van der Waals surface area contributed by atoms with E-state index in [-0.39, 0.29) is 0 Å². The van der Waals surface area contributed by atoms with Crippen LogP contribution in [0.1, 0.15) is 21.1 Å². The summed E-state index contributed by atoms with van der Waals surface area (Å²) >= 11 is 3.25. The minimum Gasteiger partial charge on any atom is -0.224 e. The van der Waals surface area contributed by atoms with E-state index in [9.17, 15) is 0 Å². The predicted molar refractivity (Wildman–Crippen MR) is 106 cm³/mol. The third-order valence-corrected chi connectivity index (χ3v) is 5.40. The standard InChI is InChI=1S/C20H14N2S2/c1-3-7-15(8-4-1)11-13-17-21-19-20(23-17)22-18(24-19)14-12-16-9-5-2-6-10-16/h1-14H.